The molecule has 20 heavy (non-hydrogen) atoms. The number of nitrogens with zero attached hydrogens (tertiary/aromatic N) is 1. The molecule has 0 N–H and O–H groups in total. The van der Waals surface area contributed by atoms with E-state index in [0.717, 1.165) is 0 Å². The average Bonchev–Trinajstić information content (AvgIpc) is 2.45. The maximum absolute atomic E-state index is 12.5. The largest absolute Gasteiger partial charge is 0.350 e. The molecule has 7 heteroatoms. The van der Waals surface area contributed by atoms with Gasteiger partial charge in [0.1, 0.15) is 12.2 Å². The van der Waals surface area contributed by atoms with E-state index < -0.39 is 7.60 Å². The predicted octanol–water partition coefficient (Wildman–Crippen LogP) is 3.48. The third-order valence-corrected chi connectivity index (χ3v) is 4.61. The molecule has 0 atom stereocenters. The highest BCUT2D eigenvalue weighted by atomic mass is 35.5. The van der Waals surface area contributed by atoms with Crippen molar-refractivity contribution in [2.75, 3.05) is 30.3 Å². The van der Waals surface area contributed by atoms with Crippen molar-refractivity contribution in [1.29, 1.82) is 0 Å². The number of para-hydroxylation sites is 1. The molecular formula is C13H19ClNO4P. The van der Waals surface area contributed by atoms with Crippen molar-refractivity contribution < 1.29 is 18.4 Å². The van der Waals surface area contributed by atoms with Gasteiger partial charge in [-0.3, -0.25) is 14.3 Å². The zero-order valence-electron chi connectivity index (χ0n) is 11.6. The van der Waals surface area contributed by atoms with Crippen molar-refractivity contribution in [2.24, 2.45) is 0 Å². The van der Waals surface area contributed by atoms with Crippen LogP contribution in [0.1, 0.15) is 13.8 Å². The van der Waals surface area contributed by atoms with Crippen molar-refractivity contribution in [2.45, 2.75) is 13.8 Å². The first-order chi connectivity index (χ1) is 9.56. The predicted molar refractivity (Wildman–Crippen MR) is 80.4 cm³/mol. The molecule has 0 aliphatic carbocycles. The lowest BCUT2D eigenvalue weighted by Crippen LogP contribution is -2.33. The van der Waals surface area contributed by atoms with E-state index in [2.05, 4.69) is 0 Å². The summed E-state index contributed by atoms with van der Waals surface area (Å²) >= 11 is 5.62. The second-order valence-electron chi connectivity index (χ2n) is 3.88. The molecule has 0 bridgehead atoms. The number of alkyl halides is 1. The fourth-order valence-corrected chi connectivity index (χ4v) is 3.51. The van der Waals surface area contributed by atoms with Gasteiger partial charge in [0.05, 0.1) is 13.2 Å². The molecule has 0 saturated heterocycles. The van der Waals surface area contributed by atoms with E-state index in [-0.39, 0.29) is 31.3 Å². The minimum Gasteiger partial charge on any atom is -0.308 e. The Morgan fingerprint density at radius 2 is 1.75 bits per heavy atom. The number of halogens is 1. The Labute approximate surface area is 124 Å². The second kappa shape index (κ2) is 8.42. The summed E-state index contributed by atoms with van der Waals surface area (Å²) in [4.78, 5) is 13.3. The molecule has 1 amide bonds. The SMILES string of the molecule is CCOP(=O)(CN(C(=O)CCl)c1ccccc1)OCC. The summed E-state index contributed by atoms with van der Waals surface area (Å²) in [6, 6.07) is 8.89. The van der Waals surface area contributed by atoms with Crippen molar-refractivity contribution in [3.63, 3.8) is 0 Å². The summed E-state index contributed by atoms with van der Waals surface area (Å²) in [7, 11) is -3.36. The van der Waals surface area contributed by atoms with Crippen LogP contribution < -0.4 is 4.90 Å². The maximum Gasteiger partial charge on any atom is 0.350 e. The molecule has 5 nitrogen and oxygen atoms in total. The number of hydrogen-bond acceptors (Lipinski definition) is 4. The van der Waals surface area contributed by atoms with Gasteiger partial charge in [0.2, 0.25) is 5.91 Å². The Hall–Kier alpha value is -0.870. The van der Waals surface area contributed by atoms with Crippen LogP contribution >= 0.6 is 19.2 Å². The smallest absolute Gasteiger partial charge is 0.308 e. The van der Waals surface area contributed by atoms with Crippen LogP contribution in [0.2, 0.25) is 0 Å². The van der Waals surface area contributed by atoms with Gasteiger partial charge < -0.3 is 9.05 Å². The monoisotopic (exact) mass is 319 g/mol. The Balaban J connectivity index is 3.00. The van der Waals surface area contributed by atoms with Crippen molar-refractivity contribution in [1.82, 2.24) is 0 Å². The van der Waals surface area contributed by atoms with Crippen LogP contribution in [0, 0.1) is 0 Å². The first kappa shape index (κ1) is 17.2. The van der Waals surface area contributed by atoms with Crippen LogP contribution in [-0.4, -0.2) is 31.3 Å². The normalized spacial score (nSPS) is 11.3. The molecule has 0 radical (unpaired) electrons. The van der Waals surface area contributed by atoms with Crippen LogP contribution in [-0.2, 0) is 18.4 Å². The van der Waals surface area contributed by atoms with Gasteiger partial charge in [-0.05, 0) is 26.0 Å². The minimum absolute atomic E-state index is 0.149. The van der Waals surface area contributed by atoms with E-state index >= 15 is 0 Å². The topological polar surface area (TPSA) is 55.8 Å². The third kappa shape index (κ3) is 4.91. The lowest BCUT2D eigenvalue weighted by atomic mass is 10.3. The van der Waals surface area contributed by atoms with Crippen LogP contribution in [0.25, 0.3) is 0 Å². The highest BCUT2D eigenvalue weighted by Gasteiger charge is 2.30. The maximum atomic E-state index is 12.5. The molecule has 0 spiro atoms. The molecule has 0 aliphatic rings. The second-order valence-corrected chi connectivity index (χ2v) is 6.17. The molecule has 0 saturated carbocycles. The van der Waals surface area contributed by atoms with E-state index in [9.17, 15) is 9.36 Å². The van der Waals surface area contributed by atoms with Crippen LogP contribution in [0.15, 0.2) is 30.3 Å². The summed E-state index contributed by atoms with van der Waals surface area (Å²) in [6.45, 7) is 3.94. The zero-order chi connectivity index (χ0) is 15.0. The van der Waals surface area contributed by atoms with E-state index in [1.807, 2.05) is 6.07 Å². The molecule has 112 valence electrons. The van der Waals surface area contributed by atoms with Gasteiger partial charge in [0.15, 0.2) is 0 Å². The van der Waals surface area contributed by atoms with Gasteiger partial charge in [-0.2, -0.15) is 0 Å². The first-order valence-corrected chi connectivity index (χ1v) is 8.62. The van der Waals surface area contributed by atoms with E-state index in [0.29, 0.717) is 5.69 Å². The van der Waals surface area contributed by atoms with Gasteiger partial charge in [0, 0.05) is 5.69 Å². The molecule has 0 aliphatic heterocycles. The Bertz CT molecular complexity index is 459. The van der Waals surface area contributed by atoms with Crippen LogP contribution in [0.4, 0.5) is 5.69 Å². The Morgan fingerprint density at radius 1 is 1.20 bits per heavy atom. The van der Waals surface area contributed by atoms with Crippen LogP contribution in [0.3, 0.4) is 0 Å². The Morgan fingerprint density at radius 3 is 2.20 bits per heavy atom. The number of rotatable bonds is 8. The number of carbonyl (C=O) groups is 1. The Kier molecular flexibility index (Phi) is 7.24. The number of anilines is 1. The van der Waals surface area contributed by atoms with Gasteiger partial charge in [-0.1, -0.05) is 18.2 Å². The minimum atomic E-state index is -3.36. The number of benzene rings is 1. The van der Waals surface area contributed by atoms with Crippen molar-refractivity contribution in [3.05, 3.63) is 30.3 Å². The van der Waals surface area contributed by atoms with E-state index in [1.165, 1.54) is 4.90 Å². The average molecular weight is 320 g/mol. The molecule has 0 heterocycles. The van der Waals surface area contributed by atoms with Crippen LogP contribution in [0.5, 0.6) is 0 Å². The van der Waals surface area contributed by atoms with Gasteiger partial charge in [-0.25, -0.2) is 0 Å². The van der Waals surface area contributed by atoms with Gasteiger partial charge in [0.25, 0.3) is 0 Å². The quantitative estimate of drug-likeness (QED) is 0.544. The molecule has 1 aromatic rings. The van der Waals surface area contributed by atoms with Gasteiger partial charge in [-0.15, -0.1) is 11.6 Å². The molecule has 0 unspecified atom stereocenters. The standard InChI is InChI=1S/C13H19ClNO4P/c1-3-18-20(17,19-4-2)11-15(13(16)10-14)12-8-6-5-7-9-12/h5-9H,3-4,10-11H2,1-2H3. The number of carbonyl (C=O) groups excluding carboxylic acids is 1. The summed E-state index contributed by atoms with van der Waals surface area (Å²) in [5, 5.41) is 0. The number of amides is 1. The highest BCUT2D eigenvalue weighted by molar-refractivity contribution is 7.54. The zero-order valence-corrected chi connectivity index (χ0v) is 13.3. The molecule has 0 fully saturated rings. The van der Waals surface area contributed by atoms with E-state index in [4.69, 9.17) is 20.6 Å². The lowest BCUT2D eigenvalue weighted by molar-refractivity contribution is -0.116. The van der Waals surface area contributed by atoms with Crippen molar-refractivity contribution in [3.8, 4) is 0 Å². The highest BCUT2D eigenvalue weighted by Crippen LogP contribution is 2.49. The molecule has 0 aromatic heterocycles. The van der Waals surface area contributed by atoms with E-state index in [1.54, 1.807) is 38.1 Å². The summed E-state index contributed by atoms with van der Waals surface area (Å²) in [6.07, 6.45) is -0.149. The summed E-state index contributed by atoms with van der Waals surface area (Å²) in [5.74, 6) is -0.551. The molecular weight excluding hydrogens is 301 g/mol. The first-order valence-electron chi connectivity index (χ1n) is 6.35. The summed E-state index contributed by atoms with van der Waals surface area (Å²) < 4.78 is 23.0. The molecule has 1 aromatic carbocycles. The third-order valence-electron chi connectivity index (χ3n) is 2.45. The number of hydrogen-bond donors (Lipinski definition) is 0. The molecule has 1 rings (SSSR count). The van der Waals surface area contributed by atoms with Gasteiger partial charge >= 0.3 is 7.60 Å². The summed E-state index contributed by atoms with van der Waals surface area (Å²) in [5.41, 5.74) is 0.609. The lowest BCUT2D eigenvalue weighted by Gasteiger charge is -2.26. The fraction of sp³-hybridized carbons (Fsp3) is 0.462. The van der Waals surface area contributed by atoms with Crippen molar-refractivity contribution >= 4 is 30.8 Å². The fourth-order valence-electron chi connectivity index (χ4n) is 1.67.